The van der Waals surface area contributed by atoms with Crippen LogP contribution in [0.1, 0.15) is 11.1 Å². The molecule has 2 heteroatoms. The molecule has 0 bridgehead atoms. The lowest BCUT2D eigenvalue weighted by atomic mass is 9.97. The number of phenols is 1. The minimum absolute atomic E-state index is 0.373. The third-order valence-electron chi connectivity index (χ3n) is 3.24. The molecule has 0 heterocycles. The molecule has 0 aromatic heterocycles. The Hall–Kier alpha value is -2.32. The van der Waals surface area contributed by atoms with Crippen LogP contribution in [0.5, 0.6) is 5.75 Å². The van der Waals surface area contributed by atoms with Crippen LogP contribution in [0, 0.1) is 0 Å². The first-order valence-corrected chi connectivity index (χ1v) is 7.08. The molecule has 3 rings (SSSR count). The van der Waals surface area contributed by atoms with Crippen LogP contribution < -0.4 is 5.32 Å². The van der Waals surface area contributed by atoms with Gasteiger partial charge in [0.15, 0.2) is 0 Å². The molecule has 0 spiro atoms. The van der Waals surface area contributed by atoms with Crippen LogP contribution in [0.3, 0.4) is 0 Å². The van der Waals surface area contributed by atoms with E-state index in [-0.39, 0.29) is 0 Å². The van der Waals surface area contributed by atoms with Gasteiger partial charge in [-0.25, -0.2) is 0 Å². The molecule has 0 saturated heterocycles. The fourth-order valence-corrected chi connectivity index (χ4v) is 2.31. The molecule has 3 aromatic rings. The van der Waals surface area contributed by atoms with E-state index in [2.05, 4.69) is 29.6 Å². The maximum Gasteiger partial charge on any atom is 0.119 e. The van der Waals surface area contributed by atoms with Gasteiger partial charge in [-0.05, 0) is 36.5 Å². The lowest BCUT2D eigenvalue weighted by Gasteiger charge is -2.09. The second-order valence-electron chi connectivity index (χ2n) is 4.95. The summed E-state index contributed by atoms with van der Waals surface area (Å²) in [5.74, 6) is 0.373. The quantitative estimate of drug-likeness (QED) is 0.744. The van der Waals surface area contributed by atoms with E-state index in [1.807, 2.05) is 50.5 Å². The zero-order valence-electron chi connectivity index (χ0n) is 12.5. The van der Waals surface area contributed by atoms with Crippen LogP contribution in [0.15, 0.2) is 66.7 Å². The number of benzene rings is 3. The Morgan fingerprint density at radius 2 is 1.43 bits per heavy atom. The summed E-state index contributed by atoms with van der Waals surface area (Å²) in [5, 5.41) is 15.1. The molecular weight excluding hydrogens is 258 g/mol. The third-order valence-corrected chi connectivity index (χ3v) is 3.24. The second-order valence-corrected chi connectivity index (χ2v) is 4.95. The number of hydrogen-bond acceptors (Lipinski definition) is 2. The normalized spacial score (nSPS) is 10.0. The maximum absolute atomic E-state index is 10.1. The zero-order chi connectivity index (χ0) is 15.1. The van der Waals surface area contributed by atoms with Crippen molar-refractivity contribution in [1.29, 1.82) is 0 Å². The number of nitrogens with one attached hydrogen (secondary N) is 1. The van der Waals surface area contributed by atoms with Gasteiger partial charge in [0.25, 0.3) is 0 Å². The molecule has 0 unspecified atom stereocenters. The van der Waals surface area contributed by atoms with E-state index in [0.29, 0.717) is 5.75 Å². The van der Waals surface area contributed by atoms with E-state index in [0.717, 1.165) is 17.4 Å². The minimum atomic E-state index is 0.373. The van der Waals surface area contributed by atoms with Gasteiger partial charge in [-0.3, -0.25) is 0 Å². The first-order chi connectivity index (χ1) is 10.3. The number of hydrogen-bond donors (Lipinski definition) is 2. The molecule has 0 aliphatic carbocycles. The van der Waals surface area contributed by atoms with E-state index in [1.54, 1.807) is 6.07 Å². The predicted octanol–water partition coefficient (Wildman–Crippen LogP) is 3.97. The smallest absolute Gasteiger partial charge is 0.119 e. The van der Waals surface area contributed by atoms with Gasteiger partial charge in [0.2, 0.25) is 0 Å². The molecule has 0 aliphatic heterocycles. The Labute approximate surface area is 126 Å². The third kappa shape index (κ3) is 3.83. The predicted molar refractivity (Wildman–Crippen MR) is 89.8 cm³/mol. The molecular formula is C19H21NO. The van der Waals surface area contributed by atoms with Crippen molar-refractivity contribution in [1.82, 2.24) is 5.32 Å². The van der Waals surface area contributed by atoms with Gasteiger partial charge in [0.05, 0.1) is 0 Å². The van der Waals surface area contributed by atoms with Crippen molar-refractivity contribution < 1.29 is 5.11 Å². The van der Waals surface area contributed by atoms with Crippen molar-refractivity contribution in [3.63, 3.8) is 0 Å². The number of fused-ring (bicyclic) bond motifs is 1. The van der Waals surface area contributed by atoms with E-state index in [9.17, 15) is 5.11 Å². The standard InChI is InChI=1S/C17H14O.C2H7N/c18-17-11-10-14-8-4-5-9-15(14)16(17)12-13-6-2-1-3-7-13;1-3-2/h1-11,18H,12H2;3H,1-2H3. The summed E-state index contributed by atoms with van der Waals surface area (Å²) in [6, 6.07) is 22.1. The van der Waals surface area contributed by atoms with Gasteiger partial charge in [0.1, 0.15) is 5.75 Å². The highest BCUT2D eigenvalue weighted by molar-refractivity contribution is 5.87. The molecule has 0 atom stereocenters. The summed E-state index contributed by atoms with van der Waals surface area (Å²) in [4.78, 5) is 0. The summed E-state index contributed by atoms with van der Waals surface area (Å²) < 4.78 is 0. The highest BCUT2D eigenvalue weighted by atomic mass is 16.3. The average Bonchev–Trinajstić information content (AvgIpc) is 2.52. The van der Waals surface area contributed by atoms with Crippen molar-refractivity contribution in [2.45, 2.75) is 6.42 Å². The van der Waals surface area contributed by atoms with E-state index in [4.69, 9.17) is 0 Å². The molecule has 2 nitrogen and oxygen atoms in total. The highest BCUT2D eigenvalue weighted by Crippen LogP contribution is 2.29. The van der Waals surface area contributed by atoms with Crippen LogP contribution in [0.2, 0.25) is 0 Å². The molecule has 21 heavy (non-hydrogen) atoms. The van der Waals surface area contributed by atoms with Crippen molar-refractivity contribution >= 4 is 10.8 Å². The molecule has 0 radical (unpaired) electrons. The van der Waals surface area contributed by atoms with Gasteiger partial charge in [-0.1, -0.05) is 60.7 Å². The van der Waals surface area contributed by atoms with E-state index in [1.165, 1.54) is 10.9 Å². The fourth-order valence-electron chi connectivity index (χ4n) is 2.31. The van der Waals surface area contributed by atoms with Crippen LogP contribution in [-0.4, -0.2) is 19.2 Å². The Balaban J connectivity index is 0.000000497. The monoisotopic (exact) mass is 279 g/mol. The Morgan fingerprint density at radius 3 is 2.14 bits per heavy atom. The summed E-state index contributed by atoms with van der Waals surface area (Å²) in [5.41, 5.74) is 2.21. The number of rotatable bonds is 2. The van der Waals surface area contributed by atoms with Gasteiger partial charge in [0, 0.05) is 12.0 Å². The maximum atomic E-state index is 10.1. The van der Waals surface area contributed by atoms with Crippen molar-refractivity contribution in [3.05, 3.63) is 77.9 Å². The minimum Gasteiger partial charge on any atom is -0.508 e. The summed E-state index contributed by atoms with van der Waals surface area (Å²) in [6.07, 6.45) is 0.758. The molecule has 0 fully saturated rings. The van der Waals surface area contributed by atoms with Gasteiger partial charge >= 0.3 is 0 Å². The second kappa shape index (κ2) is 7.46. The Kier molecular flexibility index (Phi) is 5.35. The fraction of sp³-hybridized carbons (Fsp3) is 0.158. The van der Waals surface area contributed by atoms with Crippen LogP contribution >= 0.6 is 0 Å². The van der Waals surface area contributed by atoms with Crippen molar-refractivity contribution in [2.24, 2.45) is 0 Å². The lowest BCUT2D eigenvalue weighted by molar-refractivity contribution is 0.470. The van der Waals surface area contributed by atoms with Crippen LogP contribution in [0.4, 0.5) is 0 Å². The first kappa shape index (κ1) is 15.1. The summed E-state index contributed by atoms with van der Waals surface area (Å²) in [7, 11) is 3.75. The molecule has 108 valence electrons. The topological polar surface area (TPSA) is 32.3 Å². The number of phenolic OH excluding ortho intramolecular Hbond substituents is 1. The largest absolute Gasteiger partial charge is 0.508 e. The Bertz CT molecular complexity index is 692. The summed E-state index contributed by atoms with van der Waals surface area (Å²) in [6.45, 7) is 0. The van der Waals surface area contributed by atoms with Crippen molar-refractivity contribution in [3.8, 4) is 5.75 Å². The first-order valence-electron chi connectivity index (χ1n) is 7.08. The van der Waals surface area contributed by atoms with Gasteiger partial charge < -0.3 is 10.4 Å². The highest BCUT2D eigenvalue weighted by Gasteiger charge is 2.07. The molecule has 0 amide bonds. The molecule has 2 N–H and O–H groups in total. The zero-order valence-corrected chi connectivity index (χ0v) is 12.5. The molecule has 3 aromatic carbocycles. The van der Waals surface area contributed by atoms with Gasteiger partial charge in [-0.2, -0.15) is 0 Å². The van der Waals surface area contributed by atoms with Crippen LogP contribution in [0.25, 0.3) is 10.8 Å². The summed E-state index contributed by atoms with van der Waals surface area (Å²) >= 11 is 0. The van der Waals surface area contributed by atoms with Gasteiger partial charge in [-0.15, -0.1) is 0 Å². The Morgan fingerprint density at radius 1 is 0.810 bits per heavy atom. The van der Waals surface area contributed by atoms with Crippen LogP contribution in [-0.2, 0) is 6.42 Å². The SMILES string of the molecule is CNC.Oc1ccc2ccccc2c1Cc1ccccc1. The molecule has 0 aliphatic rings. The van der Waals surface area contributed by atoms with Crippen molar-refractivity contribution in [2.75, 3.05) is 14.1 Å². The van der Waals surface area contributed by atoms with E-state index < -0.39 is 0 Å². The average molecular weight is 279 g/mol. The lowest BCUT2D eigenvalue weighted by Crippen LogP contribution is -1.90. The van der Waals surface area contributed by atoms with E-state index >= 15 is 0 Å². The molecule has 0 saturated carbocycles. The number of aromatic hydroxyl groups is 1.